The number of carbonyl (C=O) groups is 1. The van der Waals surface area contributed by atoms with E-state index in [9.17, 15) is 4.79 Å². The second-order valence-electron chi connectivity index (χ2n) is 9.27. The maximum absolute atomic E-state index is 13.2. The molecule has 1 atom stereocenters. The smallest absolute Gasteiger partial charge is 0.230 e. The molecule has 1 amide bonds. The van der Waals surface area contributed by atoms with E-state index in [0.717, 1.165) is 55.1 Å². The number of hydrogen-bond donors (Lipinski definition) is 0. The van der Waals surface area contributed by atoms with Crippen LogP contribution in [-0.4, -0.2) is 43.7 Å². The predicted molar refractivity (Wildman–Crippen MR) is 118 cm³/mol. The SMILES string of the molecule is CCC(C(=O)N1CCC(c2nnc3ccc(C(C)(C)C)nn23)CC1)c1ccccc1. The highest BCUT2D eigenvalue weighted by molar-refractivity contribution is 5.83. The lowest BCUT2D eigenvalue weighted by atomic mass is 9.91. The van der Waals surface area contributed by atoms with Gasteiger partial charge in [0, 0.05) is 24.4 Å². The average molecular weight is 406 g/mol. The number of carbonyl (C=O) groups excluding carboxylic acids is 1. The summed E-state index contributed by atoms with van der Waals surface area (Å²) in [4.78, 5) is 15.2. The maximum Gasteiger partial charge on any atom is 0.230 e. The molecule has 6 nitrogen and oxygen atoms in total. The normalized spacial score (nSPS) is 16.7. The van der Waals surface area contributed by atoms with E-state index in [-0.39, 0.29) is 23.2 Å². The highest BCUT2D eigenvalue weighted by Crippen LogP contribution is 2.30. The van der Waals surface area contributed by atoms with Gasteiger partial charge in [0.2, 0.25) is 5.91 Å². The van der Waals surface area contributed by atoms with Crippen LogP contribution < -0.4 is 0 Å². The minimum atomic E-state index is -0.0623. The Morgan fingerprint density at radius 1 is 1.07 bits per heavy atom. The van der Waals surface area contributed by atoms with Crippen LogP contribution in [0.25, 0.3) is 5.65 Å². The molecular formula is C24H31N5O. The number of fused-ring (bicyclic) bond motifs is 1. The lowest BCUT2D eigenvalue weighted by molar-refractivity contribution is -0.134. The molecule has 1 aromatic carbocycles. The lowest BCUT2D eigenvalue weighted by Crippen LogP contribution is -2.40. The van der Waals surface area contributed by atoms with Crippen LogP contribution in [0.3, 0.4) is 0 Å². The summed E-state index contributed by atoms with van der Waals surface area (Å²) in [5, 5.41) is 13.6. The van der Waals surface area contributed by atoms with Crippen LogP contribution in [0.4, 0.5) is 0 Å². The van der Waals surface area contributed by atoms with E-state index in [1.807, 2.05) is 39.7 Å². The fourth-order valence-corrected chi connectivity index (χ4v) is 4.28. The zero-order valence-corrected chi connectivity index (χ0v) is 18.4. The number of hydrogen-bond acceptors (Lipinski definition) is 4. The van der Waals surface area contributed by atoms with Crippen LogP contribution >= 0.6 is 0 Å². The molecule has 0 aliphatic carbocycles. The Hall–Kier alpha value is -2.76. The lowest BCUT2D eigenvalue weighted by Gasteiger charge is -2.33. The third-order valence-electron chi connectivity index (χ3n) is 6.14. The van der Waals surface area contributed by atoms with Gasteiger partial charge in [0.25, 0.3) is 0 Å². The first kappa shape index (κ1) is 20.5. The topological polar surface area (TPSA) is 63.4 Å². The number of nitrogens with zero attached hydrogens (tertiary/aromatic N) is 5. The molecule has 3 aromatic rings. The quantitative estimate of drug-likeness (QED) is 0.648. The highest BCUT2D eigenvalue weighted by atomic mass is 16.2. The van der Waals surface area contributed by atoms with E-state index in [0.29, 0.717) is 0 Å². The zero-order valence-electron chi connectivity index (χ0n) is 18.4. The van der Waals surface area contributed by atoms with Gasteiger partial charge in [-0.3, -0.25) is 4.79 Å². The van der Waals surface area contributed by atoms with E-state index in [4.69, 9.17) is 5.10 Å². The number of benzene rings is 1. The summed E-state index contributed by atoms with van der Waals surface area (Å²) in [6, 6.07) is 14.1. The molecule has 1 unspecified atom stereocenters. The predicted octanol–water partition coefficient (Wildman–Crippen LogP) is 4.32. The fraction of sp³-hybridized carbons (Fsp3) is 0.500. The monoisotopic (exact) mass is 405 g/mol. The van der Waals surface area contributed by atoms with Gasteiger partial charge < -0.3 is 4.90 Å². The van der Waals surface area contributed by atoms with Crippen molar-refractivity contribution in [1.29, 1.82) is 0 Å². The van der Waals surface area contributed by atoms with Gasteiger partial charge in [-0.05, 0) is 37.0 Å². The van der Waals surface area contributed by atoms with Crippen molar-refractivity contribution in [2.24, 2.45) is 0 Å². The summed E-state index contributed by atoms with van der Waals surface area (Å²) in [6.45, 7) is 10.1. The molecule has 0 saturated carbocycles. The molecule has 1 aliphatic heterocycles. The third-order valence-corrected chi connectivity index (χ3v) is 6.14. The van der Waals surface area contributed by atoms with Crippen LogP contribution in [0.1, 0.15) is 75.9 Å². The van der Waals surface area contributed by atoms with Crippen molar-refractivity contribution in [2.45, 2.75) is 64.2 Å². The summed E-state index contributed by atoms with van der Waals surface area (Å²) >= 11 is 0. The third kappa shape index (κ3) is 3.95. The van der Waals surface area contributed by atoms with Crippen molar-refractivity contribution in [3.8, 4) is 0 Å². The van der Waals surface area contributed by atoms with Crippen molar-refractivity contribution in [1.82, 2.24) is 24.7 Å². The average Bonchev–Trinajstić information content (AvgIpc) is 3.18. The van der Waals surface area contributed by atoms with Crippen LogP contribution in [0.5, 0.6) is 0 Å². The van der Waals surface area contributed by atoms with E-state index in [1.54, 1.807) is 0 Å². The number of amides is 1. The number of rotatable bonds is 4. The Balaban J connectivity index is 1.49. The van der Waals surface area contributed by atoms with Gasteiger partial charge in [0.1, 0.15) is 0 Å². The van der Waals surface area contributed by atoms with Gasteiger partial charge in [-0.2, -0.15) is 9.61 Å². The van der Waals surface area contributed by atoms with E-state index in [2.05, 4.69) is 50.0 Å². The van der Waals surface area contributed by atoms with Crippen molar-refractivity contribution < 1.29 is 4.79 Å². The summed E-state index contributed by atoms with van der Waals surface area (Å²) in [5.41, 5.74) is 2.89. The first-order valence-electron chi connectivity index (χ1n) is 10.9. The van der Waals surface area contributed by atoms with Crippen LogP contribution in [0, 0.1) is 0 Å². The first-order chi connectivity index (χ1) is 14.4. The first-order valence-corrected chi connectivity index (χ1v) is 10.9. The van der Waals surface area contributed by atoms with Crippen molar-refractivity contribution in [2.75, 3.05) is 13.1 Å². The maximum atomic E-state index is 13.2. The number of likely N-dealkylation sites (tertiary alicyclic amines) is 1. The molecule has 0 spiro atoms. The number of piperidine rings is 1. The van der Waals surface area contributed by atoms with Gasteiger partial charge in [0.15, 0.2) is 11.5 Å². The second kappa shape index (κ2) is 8.17. The van der Waals surface area contributed by atoms with Crippen LogP contribution in [-0.2, 0) is 10.2 Å². The second-order valence-corrected chi connectivity index (χ2v) is 9.27. The van der Waals surface area contributed by atoms with Crippen molar-refractivity contribution in [3.05, 3.63) is 59.5 Å². The van der Waals surface area contributed by atoms with Crippen LogP contribution in [0.2, 0.25) is 0 Å². The minimum absolute atomic E-state index is 0.0296. The molecule has 6 heteroatoms. The largest absolute Gasteiger partial charge is 0.342 e. The molecule has 1 fully saturated rings. The van der Waals surface area contributed by atoms with Gasteiger partial charge in [0.05, 0.1) is 11.6 Å². The van der Waals surface area contributed by atoms with Gasteiger partial charge in [-0.15, -0.1) is 10.2 Å². The van der Waals surface area contributed by atoms with Gasteiger partial charge in [-0.25, -0.2) is 0 Å². The number of aromatic nitrogens is 4. The van der Waals surface area contributed by atoms with E-state index >= 15 is 0 Å². The molecule has 0 radical (unpaired) electrons. The Morgan fingerprint density at radius 2 is 1.77 bits per heavy atom. The highest BCUT2D eigenvalue weighted by Gasteiger charge is 2.31. The Morgan fingerprint density at radius 3 is 2.40 bits per heavy atom. The molecule has 0 N–H and O–H groups in total. The Labute approximate surface area is 178 Å². The van der Waals surface area contributed by atoms with Crippen molar-refractivity contribution in [3.63, 3.8) is 0 Å². The van der Waals surface area contributed by atoms with E-state index < -0.39 is 0 Å². The summed E-state index contributed by atoms with van der Waals surface area (Å²) in [7, 11) is 0. The molecule has 1 aliphatic rings. The summed E-state index contributed by atoms with van der Waals surface area (Å²) in [5.74, 6) is 1.36. The Bertz CT molecular complexity index is 1010. The minimum Gasteiger partial charge on any atom is -0.342 e. The molecular weight excluding hydrogens is 374 g/mol. The standard InChI is InChI=1S/C24H31N5O/c1-5-19(17-9-7-6-8-10-17)23(30)28-15-13-18(14-16-28)22-26-25-21-12-11-20(24(2,3)4)27-29(21)22/h6-12,18-19H,5,13-16H2,1-4H3. The zero-order chi connectivity index (χ0) is 21.3. The van der Waals surface area contributed by atoms with Gasteiger partial charge >= 0.3 is 0 Å². The molecule has 2 aromatic heterocycles. The van der Waals surface area contributed by atoms with Gasteiger partial charge in [-0.1, -0.05) is 58.0 Å². The summed E-state index contributed by atoms with van der Waals surface area (Å²) in [6.07, 6.45) is 2.59. The summed E-state index contributed by atoms with van der Waals surface area (Å²) < 4.78 is 1.90. The van der Waals surface area contributed by atoms with E-state index in [1.165, 1.54) is 0 Å². The molecule has 158 valence electrons. The van der Waals surface area contributed by atoms with Crippen LogP contribution in [0.15, 0.2) is 42.5 Å². The molecule has 4 rings (SSSR count). The fourth-order valence-electron chi connectivity index (χ4n) is 4.28. The Kier molecular flexibility index (Phi) is 5.58. The molecule has 30 heavy (non-hydrogen) atoms. The molecule has 1 saturated heterocycles. The molecule has 0 bridgehead atoms. The molecule has 3 heterocycles. The van der Waals surface area contributed by atoms with Crippen molar-refractivity contribution >= 4 is 11.6 Å².